The monoisotopic (exact) mass is 607 g/mol. The van der Waals surface area contributed by atoms with E-state index in [0.717, 1.165) is 17.0 Å². The lowest BCUT2D eigenvalue weighted by Gasteiger charge is -2.39. The molecule has 2 aliphatic rings. The Morgan fingerprint density at radius 3 is 2.77 bits per heavy atom. The van der Waals surface area contributed by atoms with Crippen LogP contribution in [0.2, 0.25) is 0 Å². The Hall–Kier alpha value is -3.93. The van der Waals surface area contributed by atoms with Gasteiger partial charge in [-0.1, -0.05) is 19.1 Å². The molecule has 0 aliphatic carbocycles. The van der Waals surface area contributed by atoms with Gasteiger partial charge in [0.2, 0.25) is 5.91 Å². The van der Waals surface area contributed by atoms with Crippen molar-refractivity contribution in [3.63, 3.8) is 0 Å². The van der Waals surface area contributed by atoms with Crippen molar-refractivity contribution >= 4 is 29.1 Å². The lowest BCUT2D eigenvalue weighted by Crippen LogP contribution is -2.56. The van der Waals surface area contributed by atoms with Crippen molar-refractivity contribution < 1.29 is 33.3 Å². The summed E-state index contributed by atoms with van der Waals surface area (Å²) in [6.07, 6.45) is 1.09. The van der Waals surface area contributed by atoms with Crippen LogP contribution in [0.3, 0.4) is 0 Å². The summed E-state index contributed by atoms with van der Waals surface area (Å²) >= 11 is 1.42. The van der Waals surface area contributed by atoms with Crippen molar-refractivity contribution in [1.82, 2.24) is 15.1 Å². The van der Waals surface area contributed by atoms with Gasteiger partial charge in [0.15, 0.2) is 11.5 Å². The summed E-state index contributed by atoms with van der Waals surface area (Å²) in [5.74, 6) is 0.672. The summed E-state index contributed by atoms with van der Waals surface area (Å²) in [7, 11) is 2.93. The predicted octanol–water partition coefficient (Wildman–Crippen LogP) is 4.48. The number of amides is 2. The van der Waals surface area contributed by atoms with Gasteiger partial charge >= 0.3 is 5.97 Å². The Bertz CT molecular complexity index is 1460. The molecule has 2 amide bonds. The van der Waals surface area contributed by atoms with Crippen molar-refractivity contribution in [3.8, 4) is 17.2 Å². The number of methoxy groups -OCH3 is 2. The molecule has 5 rings (SSSR count). The van der Waals surface area contributed by atoms with Gasteiger partial charge < -0.3 is 29.2 Å². The van der Waals surface area contributed by atoms with E-state index in [1.54, 1.807) is 36.3 Å². The number of piperidine rings is 1. The molecule has 43 heavy (non-hydrogen) atoms. The average Bonchev–Trinajstić information content (AvgIpc) is 3.48. The van der Waals surface area contributed by atoms with E-state index in [2.05, 4.69) is 10.2 Å². The molecular weight excluding hydrogens is 570 g/mol. The maximum atomic E-state index is 13.6. The molecule has 1 fully saturated rings. The minimum absolute atomic E-state index is 0.0631. The highest BCUT2D eigenvalue weighted by Crippen LogP contribution is 2.33. The second-order valence-electron chi connectivity index (χ2n) is 10.6. The van der Waals surface area contributed by atoms with Gasteiger partial charge in [-0.05, 0) is 60.9 Å². The normalized spacial score (nSPS) is 19.7. The minimum atomic E-state index is -0.342. The van der Waals surface area contributed by atoms with Crippen LogP contribution in [0.5, 0.6) is 17.2 Å². The van der Waals surface area contributed by atoms with Crippen molar-refractivity contribution in [1.29, 1.82) is 0 Å². The molecule has 10 nitrogen and oxygen atoms in total. The van der Waals surface area contributed by atoms with Gasteiger partial charge in [0.25, 0.3) is 5.91 Å². The van der Waals surface area contributed by atoms with Gasteiger partial charge in [-0.15, -0.1) is 11.3 Å². The molecule has 0 saturated carbocycles. The molecule has 1 saturated heterocycles. The third-order valence-electron chi connectivity index (χ3n) is 7.53. The highest BCUT2D eigenvalue weighted by Gasteiger charge is 2.32. The number of hydrogen-bond donors (Lipinski definition) is 1. The molecule has 0 spiro atoms. The van der Waals surface area contributed by atoms with Gasteiger partial charge in [0.1, 0.15) is 10.6 Å². The van der Waals surface area contributed by atoms with E-state index < -0.39 is 0 Å². The van der Waals surface area contributed by atoms with Crippen LogP contribution in [0.15, 0.2) is 54.6 Å². The summed E-state index contributed by atoms with van der Waals surface area (Å²) in [5, 5.41) is 3.16. The summed E-state index contributed by atoms with van der Waals surface area (Å²) in [4.78, 5) is 44.3. The standard InChI is InChI=1S/C32H37N3O7S/c1-4-13-35-19-30(36)33-25-12-14-34(17-24-9-11-29(43-24)32(38)40-3)18-28(25)41-20-21-6-5-7-23(15-21)42-27-16-22(31(35)37)8-10-26(27)39-2/h5-11,15-16,25,28H,4,12-14,17-20H2,1-3H3,(H,33,36)/t25-,28-/m0/s1. The van der Waals surface area contributed by atoms with E-state index in [4.69, 9.17) is 18.9 Å². The third kappa shape index (κ3) is 7.54. The number of nitrogens with zero attached hydrogens (tertiary/aromatic N) is 2. The first-order chi connectivity index (χ1) is 20.9. The number of benzene rings is 2. The number of nitrogens with one attached hydrogen (secondary N) is 1. The number of fused-ring (bicyclic) bond motifs is 5. The number of likely N-dealkylation sites (tertiary alicyclic amines) is 1. The average molecular weight is 608 g/mol. The minimum Gasteiger partial charge on any atom is -0.493 e. The van der Waals surface area contributed by atoms with E-state index >= 15 is 0 Å². The Balaban J connectivity index is 1.40. The fourth-order valence-electron chi connectivity index (χ4n) is 5.40. The Kier molecular flexibility index (Phi) is 9.96. The maximum Gasteiger partial charge on any atom is 0.348 e. The fraction of sp³-hybridized carbons (Fsp3) is 0.406. The topological polar surface area (TPSA) is 107 Å². The summed E-state index contributed by atoms with van der Waals surface area (Å²) in [6.45, 7) is 4.66. The fourth-order valence-corrected chi connectivity index (χ4v) is 6.37. The molecule has 2 atom stereocenters. The lowest BCUT2D eigenvalue weighted by molar-refractivity contribution is -0.125. The second-order valence-corrected chi connectivity index (χ2v) is 11.8. The van der Waals surface area contributed by atoms with Crippen LogP contribution in [-0.2, 0) is 27.4 Å². The quantitative estimate of drug-likeness (QED) is 0.409. The van der Waals surface area contributed by atoms with Gasteiger partial charge in [0.05, 0.1) is 39.5 Å². The van der Waals surface area contributed by atoms with Crippen LogP contribution in [0.1, 0.15) is 50.2 Å². The molecule has 11 heteroatoms. The van der Waals surface area contributed by atoms with E-state index in [0.29, 0.717) is 66.8 Å². The highest BCUT2D eigenvalue weighted by atomic mass is 32.1. The van der Waals surface area contributed by atoms with Crippen molar-refractivity contribution in [2.75, 3.05) is 40.4 Å². The SMILES string of the molecule is CCCN1CC(=O)N[C@H]2CCN(Cc3ccc(C(=O)OC)s3)C[C@@H]2OCc2cccc(c2)Oc2cc(ccc2OC)C1=O. The molecule has 3 heterocycles. The van der Waals surface area contributed by atoms with Gasteiger partial charge in [-0.2, -0.15) is 0 Å². The third-order valence-corrected chi connectivity index (χ3v) is 8.58. The smallest absolute Gasteiger partial charge is 0.348 e. The molecule has 1 N–H and O–H groups in total. The van der Waals surface area contributed by atoms with Crippen LogP contribution in [-0.4, -0.2) is 80.1 Å². The van der Waals surface area contributed by atoms with E-state index in [9.17, 15) is 14.4 Å². The molecule has 0 unspecified atom stereocenters. The summed E-state index contributed by atoms with van der Waals surface area (Å²) in [6, 6.07) is 16.2. The van der Waals surface area contributed by atoms with Crippen LogP contribution < -0.4 is 14.8 Å². The summed E-state index contributed by atoms with van der Waals surface area (Å²) in [5.41, 5.74) is 1.33. The zero-order valence-corrected chi connectivity index (χ0v) is 25.5. The largest absolute Gasteiger partial charge is 0.493 e. The number of thiophene rings is 1. The van der Waals surface area contributed by atoms with Crippen LogP contribution >= 0.6 is 11.3 Å². The molecule has 2 aromatic carbocycles. The van der Waals surface area contributed by atoms with Gasteiger partial charge in [-0.25, -0.2) is 4.79 Å². The van der Waals surface area contributed by atoms with E-state index in [-0.39, 0.29) is 36.5 Å². The number of carbonyl (C=O) groups is 3. The lowest BCUT2D eigenvalue weighted by atomic mass is 10.0. The number of ether oxygens (including phenoxy) is 4. The molecule has 3 aromatic rings. The molecular formula is C32H37N3O7S. The number of esters is 1. The Morgan fingerprint density at radius 1 is 1.12 bits per heavy atom. The van der Waals surface area contributed by atoms with Crippen molar-refractivity contribution in [2.45, 2.75) is 45.1 Å². The van der Waals surface area contributed by atoms with Gasteiger partial charge in [0, 0.05) is 36.6 Å². The Labute approximate surface area is 255 Å². The zero-order chi connectivity index (χ0) is 30.3. The van der Waals surface area contributed by atoms with Crippen LogP contribution in [0.25, 0.3) is 0 Å². The maximum absolute atomic E-state index is 13.6. The molecule has 0 radical (unpaired) electrons. The zero-order valence-electron chi connectivity index (χ0n) is 24.7. The Morgan fingerprint density at radius 2 is 1.98 bits per heavy atom. The number of carbonyl (C=O) groups excluding carboxylic acids is 3. The first-order valence-electron chi connectivity index (χ1n) is 14.4. The predicted molar refractivity (Wildman–Crippen MR) is 162 cm³/mol. The van der Waals surface area contributed by atoms with Crippen molar-refractivity contribution in [3.05, 3.63) is 75.5 Å². The molecule has 2 aliphatic heterocycles. The first kappa shape index (κ1) is 30.5. The molecule has 1 aromatic heterocycles. The molecule has 4 bridgehead atoms. The van der Waals surface area contributed by atoms with E-state index in [1.165, 1.54) is 18.4 Å². The second kappa shape index (κ2) is 14.0. The van der Waals surface area contributed by atoms with E-state index in [1.807, 2.05) is 37.3 Å². The van der Waals surface area contributed by atoms with Crippen LogP contribution in [0, 0.1) is 0 Å². The number of hydrogen-bond acceptors (Lipinski definition) is 9. The summed E-state index contributed by atoms with van der Waals surface area (Å²) < 4.78 is 23.0. The van der Waals surface area contributed by atoms with Crippen LogP contribution in [0.4, 0.5) is 0 Å². The number of rotatable bonds is 6. The molecule has 228 valence electrons. The van der Waals surface area contributed by atoms with Gasteiger partial charge in [-0.3, -0.25) is 14.5 Å². The highest BCUT2D eigenvalue weighted by molar-refractivity contribution is 7.13. The van der Waals surface area contributed by atoms with Crippen molar-refractivity contribution in [2.24, 2.45) is 0 Å². The first-order valence-corrected chi connectivity index (χ1v) is 15.2.